The second-order valence-electron chi connectivity index (χ2n) is 3.77. The fourth-order valence-corrected chi connectivity index (χ4v) is 2.79. The van der Waals surface area contributed by atoms with Crippen molar-refractivity contribution in [2.24, 2.45) is 0 Å². The van der Waals surface area contributed by atoms with Crippen molar-refractivity contribution in [1.29, 1.82) is 0 Å². The first-order valence-corrected chi connectivity index (χ1v) is 5.85. The summed E-state index contributed by atoms with van der Waals surface area (Å²) in [4.78, 5) is 4.20. The van der Waals surface area contributed by atoms with Crippen LogP contribution in [0.2, 0.25) is 0 Å². The molecule has 14 heavy (non-hydrogen) atoms. The molecule has 1 aromatic rings. The molecule has 2 rings (SSSR count). The van der Waals surface area contributed by atoms with Gasteiger partial charge < -0.3 is 9.84 Å². The third-order valence-electron chi connectivity index (χ3n) is 2.97. The summed E-state index contributed by atoms with van der Waals surface area (Å²) in [6.45, 7) is 0. The summed E-state index contributed by atoms with van der Waals surface area (Å²) >= 11 is 1.52. The molecule has 2 atom stereocenters. The number of methoxy groups -OCH3 is 1. The molecule has 0 aromatic carbocycles. The lowest BCUT2D eigenvalue weighted by molar-refractivity contribution is -0.124. The second kappa shape index (κ2) is 3.96. The van der Waals surface area contributed by atoms with Gasteiger partial charge in [-0.25, -0.2) is 4.98 Å². The summed E-state index contributed by atoms with van der Waals surface area (Å²) in [5.74, 6) is 0. The molecule has 0 aliphatic heterocycles. The Kier molecular flexibility index (Phi) is 2.85. The fraction of sp³-hybridized carbons (Fsp3) is 0.700. The Hall–Kier alpha value is -0.450. The second-order valence-corrected chi connectivity index (χ2v) is 4.49. The number of hydrogen-bond donors (Lipinski definition) is 1. The largest absolute Gasteiger partial charge is 0.381 e. The molecule has 1 heterocycles. The van der Waals surface area contributed by atoms with Crippen LogP contribution in [0.15, 0.2) is 10.9 Å². The van der Waals surface area contributed by atoms with Gasteiger partial charge in [-0.3, -0.25) is 0 Å². The summed E-state index contributed by atoms with van der Waals surface area (Å²) in [5.41, 5.74) is 1.68. The maximum absolute atomic E-state index is 10.5. The van der Waals surface area contributed by atoms with Gasteiger partial charge in [0, 0.05) is 12.5 Å². The maximum Gasteiger partial charge on any atom is 0.133 e. The quantitative estimate of drug-likeness (QED) is 0.816. The van der Waals surface area contributed by atoms with Gasteiger partial charge in [0.05, 0.1) is 17.3 Å². The molecule has 0 radical (unpaired) electrons. The molecule has 1 saturated carbocycles. The van der Waals surface area contributed by atoms with Gasteiger partial charge in [0.2, 0.25) is 0 Å². The summed E-state index contributed by atoms with van der Waals surface area (Å²) in [5, 5.41) is 12.4. The van der Waals surface area contributed by atoms with E-state index in [4.69, 9.17) is 4.74 Å². The van der Waals surface area contributed by atoms with Crippen LogP contribution < -0.4 is 0 Å². The lowest BCUT2D eigenvalue weighted by Gasteiger charge is -2.37. The normalized spacial score (nSPS) is 33.1. The highest BCUT2D eigenvalue weighted by atomic mass is 32.1. The van der Waals surface area contributed by atoms with E-state index in [2.05, 4.69) is 4.98 Å². The lowest BCUT2D eigenvalue weighted by Crippen LogP contribution is -2.43. The molecule has 1 fully saturated rings. The number of hydrogen-bond acceptors (Lipinski definition) is 4. The molecule has 2 unspecified atom stereocenters. The minimum atomic E-state index is -0.854. The van der Waals surface area contributed by atoms with E-state index < -0.39 is 5.60 Å². The first-order valence-electron chi connectivity index (χ1n) is 4.91. The molecule has 1 aliphatic carbocycles. The van der Waals surface area contributed by atoms with E-state index in [9.17, 15) is 5.11 Å². The van der Waals surface area contributed by atoms with Crippen LogP contribution in [0.3, 0.4) is 0 Å². The molecule has 0 amide bonds. The van der Waals surface area contributed by atoms with Crippen LogP contribution in [-0.4, -0.2) is 23.3 Å². The molecule has 1 N–H and O–H groups in total. The van der Waals surface area contributed by atoms with E-state index in [-0.39, 0.29) is 6.10 Å². The van der Waals surface area contributed by atoms with Crippen molar-refractivity contribution >= 4 is 11.3 Å². The summed E-state index contributed by atoms with van der Waals surface area (Å²) in [6, 6.07) is 0. The van der Waals surface area contributed by atoms with Crippen LogP contribution in [-0.2, 0) is 10.3 Å². The molecule has 78 valence electrons. The smallest absolute Gasteiger partial charge is 0.133 e. The molecule has 1 aromatic heterocycles. The summed E-state index contributed by atoms with van der Waals surface area (Å²) in [7, 11) is 1.66. The van der Waals surface area contributed by atoms with Crippen LogP contribution >= 0.6 is 11.3 Å². The highest BCUT2D eigenvalue weighted by Gasteiger charge is 2.42. The predicted octanol–water partition coefficient (Wildman–Crippen LogP) is 1.92. The van der Waals surface area contributed by atoms with Crippen LogP contribution in [0.4, 0.5) is 0 Å². The van der Waals surface area contributed by atoms with Crippen molar-refractivity contribution in [3.8, 4) is 0 Å². The van der Waals surface area contributed by atoms with Gasteiger partial charge in [0.25, 0.3) is 0 Å². The van der Waals surface area contributed by atoms with Gasteiger partial charge in [0.15, 0.2) is 0 Å². The Bertz CT molecular complexity index is 288. The van der Waals surface area contributed by atoms with Gasteiger partial charge in [-0.05, 0) is 19.3 Å². The number of ether oxygens (including phenoxy) is 1. The van der Waals surface area contributed by atoms with E-state index in [1.807, 2.05) is 5.38 Å². The third kappa shape index (κ3) is 1.58. The van der Waals surface area contributed by atoms with Crippen molar-refractivity contribution in [3.05, 3.63) is 16.6 Å². The van der Waals surface area contributed by atoms with E-state index in [1.165, 1.54) is 11.3 Å². The monoisotopic (exact) mass is 213 g/mol. The Labute approximate surface area is 87.7 Å². The summed E-state index contributed by atoms with van der Waals surface area (Å²) < 4.78 is 5.35. The van der Waals surface area contributed by atoms with Crippen LogP contribution in [0.1, 0.15) is 31.4 Å². The Morgan fingerprint density at radius 3 is 3.14 bits per heavy atom. The highest BCUT2D eigenvalue weighted by molar-refractivity contribution is 7.07. The number of nitrogens with zero attached hydrogens (tertiary/aromatic N) is 1. The average molecular weight is 213 g/mol. The van der Waals surface area contributed by atoms with Crippen molar-refractivity contribution in [2.75, 3.05) is 7.11 Å². The van der Waals surface area contributed by atoms with E-state index in [0.29, 0.717) is 0 Å². The molecule has 1 aliphatic rings. The molecule has 3 nitrogen and oxygen atoms in total. The topological polar surface area (TPSA) is 42.4 Å². The number of aromatic nitrogens is 1. The Morgan fingerprint density at radius 1 is 1.64 bits per heavy atom. The lowest BCUT2D eigenvalue weighted by atomic mass is 9.80. The number of thiazole rings is 1. The minimum absolute atomic E-state index is 0.0988. The van der Waals surface area contributed by atoms with Gasteiger partial charge in [-0.2, -0.15) is 0 Å². The van der Waals surface area contributed by atoms with Gasteiger partial charge in [0.1, 0.15) is 5.60 Å². The average Bonchev–Trinajstić information content (AvgIpc) is 2.72. The van der Waals surface area contributed by atoms with Crippen LogP contribution in [0, 0.1) is 0 Å². The molecular weight excluding hydrogens is 198 g/mol. The molecule has 0 spiro atoms. The zero-order valence-corrected chi connectivity index (χ0v) is 9.09. The third-order valence-corrected chi connectivity index (χ3v) is 3.55. The van der Waals surface area contributed by atoms with Gasteiger partial charge in [-0.15, -0.1) is 11.3 Å². The summed E-state index contributed by atoms with van der Waals surface area (Å²) in [6.07, 6.45) is 3.76. The predicted molar refractivity (Wildman–Crippen MR) is 55.3 cm³/mol. The van der Waals surface area contributed by atoms with Crippen LogP contribution in [0.5, 0.6) is 0 Å². The fourth-order valence-electron chi connectivity index (χ4n) is 2.16. The Balaban J connectivity index is 2.27. The highest BCUT2D eigenvalue weighted by Crippen LogP contribution is 2.38. The SMILES string of the molecule is COC1CCCCC1(O)c1cscn1. The first kappa shape index (κ1) is 10.1. The van der Waals surface area contributed by atoms with E-state index in [0.717, 1.165) is 31.4 Å². The molecular formula is C10H15NO2S. The van der Waals surface area contributed by atoms with Crippen molar-refractivity contribution < 1.29 is 9.84 Å². The molecule has 4 heteroatoms. The van der Waals surface area contributed by atoms with Gasteiger partial charge >= 0.3 is 0 Å². The standard InChI is InChI=1S/C10H15NO2S/c1-13-9-4-2-3-5-10(9,12)8-6-14-7-11-8/h6-7,9,12H,2-5H2,1H3. The van der Waals surface area contributed by atoms with E-state index in [1.54, 1.807) is 12.6 Å². The van der Waals surface area contributed by atoms with Crippen molar-refractivity contribution in [1.82, 2.24) is 4.98 Å². The maximum atomic E-state index is 10.5. The first-order chi connectivity index (χ1) is 6.77. The van der Waals surface area contributed by atoms with Crippen molar-refractivity contribution in [2.45, 2.75) is 37.4 Å². The minimum Gasteiger partial charge on any atom is -0.381 e. The number of aliphatic hydroxyl groups is 1. The van der Waals surface area contributed by atoms with Crippen LogP contribution in [0.25, 0.3) is 0 Å². The van der Waals surface area contributed by atoms with Crippen molar-refractivity contribution in [3.63, 3.8) is 0 Å². The Morgan fingerprint density at radius 2 is 2.50 bits per heavy atom. The van der Waals surface area contributed by atoms with Gasteiger partial charge in [-0.1, -0.05) is 6.42 Å². The molecule has 0 saturated heterocycles. The zero-order chi connectivity index (χ0) is 10.0. The zero-order valence-electron chi connectivity index (χ0n) is 8.27. The van der Waals surface area contributed by atoms with E-state index >= 15 is 0 Å². The number of rotatable bonds is 2. The molecule has 0 bridgehead atoms.